The smallest absolute Gasteiger partial charge is 0.00258 e. The third-order valence-corrected chi connectivity index (χ3v) is 4.29. The van der Waals surface area contributed by atoms with Gasteiger partial charge in [-0.3, -0.25) is 0 Å². The van der Waals surface area contributed by atoms with Crippen molar-refractivity contribution in [3.63, 3.8) is 0 Å². The molecule has 0 bridgehead atoms. The Bertz CT molecular complexity index is 596. The predicted octanol–water partition coefficient (Wildman–Crippen LogP) is 5.06. The van der Waals surface area contributed by atoms with Gasteiger partial charge in [0.1, 0.15) is 0 Å². The lowest BCUT2D eigenvalue weighted by atomic mass is 9.77. The highest BCUT2D eigenvalue weighted by molar-refractivity contribution is 5.87. The maximum Gasteiger partial charge on any atom is -0.00258 e. The molecule has 0 atom stereocenters. The minimum atomic E-state index is 0.189. The summed E-state index contributed by atoms with van der Waals surface area (Å²) in [7, 11) is 0. The Morgan fingerprint density at radius 3 is 2.48 bits per heavy atom. The summed E-state index contributed by atoms with van der Waals surface area (Å²) in [6.07, 6.45) is 1.16. The number of fused-ring (bicyclic) bond motifs is 1. The first-order chi connectivity index (χ1) is 9.92. The van der Waals surface area contributed by atoms with E-state index >= 15 is 0 Å². The Labute approximate surface area is 129 Å². The van der Waals surface area contributed by atoms with Crippen molar-refractivity contribution in [2.75, 3.05) is 13.1 Å². The minimum Gasteiger partial charge on any atom is -0.316 e. The summed E-state index contributed by atoms with van der Waals surface area (Å²) in [6.45, 7) is 13.7. The molecular weight excluding hydrogens is 254 g/mol. The summed E-state index contributed by atoms with van der Waals surface area (Å²) in [6, 6.07) is 13.3. The number of hydrogen-bond donors (Lipinski definition) is 1. The maximum absolute atomic E-state index is 3.58. The molecule has 2 aromatic carbocycles. The fraction of sp³-hybridized carbons (Fsp3) is 0.500. The van der Waals surface area contributed by atoms with Crippen LogP contribution in [-0.4, -0.2) is 13.1 Å². The molecule has 0 aliphatic carbocycles. The van der Waals surface area contributed by atoms with Crippen molar-refractivity contribution in [2.45, 2.75) is 46.5 Å². The zero-order chi connectivity index (χ0) is 15.5. The van der Waals surface area contributed by atoms with Crippen LogP contribution in [0.1, 0.15) is 45.2 Å². The molecule has 114 valence electrons. The Morgan fingerprint density at radius 1 is 1.05 bits per heavy atom. The van der Waals surface area contributed by atoms with E-state index in [1.807, 2.05) is 0 Å². The molecule has 21 heavy (non-hydrogen) atoms. The van der Waals surface area contributed by atoms with E-state index in [9.17, 15) is 0 Å². The summed E-state index contributed by atoms with van der Waals surface area (Å²) in [5.41, 5.74) is 3.10. The summed E-state index contributed by atoms with van der Waals surface area (Å²) >= 11 is 0. The van der Waals surface area contributed by atoms with E-state index in [1.165, 1.54) is 21.9 Å². The van der Waals surface area contributed by atoms with E-state index in [2.05, 4.69) is 76.3 Å². The van der Waals surface area contributed by atoms with Crippen LogP contribution in [0, 0.1) is 12.8 Å². The van der Waals surface area contributed by atoms with Crippen molar-refractivity contribution in [3.05, 3.63) is 47.5 Å². The van der Waals surface area contributed by atoms with E-state index in [0.717, 1.165) is 19.5 Å². The van der Waals surface area contributed by atoms with Gasteiger partial charge in [0.2, 0.25) is 0 Å². The second-order valence-electron chi connectivity index (χ2n) is 7.21. The van der Waals surface area contributed by atoms with Gasteiger partial charge in [-0.15, -0.1) is 0 Å². The SMILES string of the molecule is Cc1ccc2ccccc2c1C(C)(C)CCNCC(C)C. The number of aryl methyl sites for hydroxylation is 1. The van der Waals surface area contributed by atoms with Crippen molar-refractivity contribution < 1.29 is 0 Å². The highest BCUT2D eigenvalue weighted by Gasteiger charge is 2.24. The number of benzene rings is 2. The molecule has 0 saturated heterocycles. The molecule has 0 radical (unpaired) electrons. The van der Waals surface area contributed by atoms with Gasteiger partial charge < -0.3 is 5.32 Å². The average Bonchev–Trinajstić information content (AvgIpc) is 2.43. The predicted molar refractivity (Wildman–Crippen MR) is 94.0 cm³/mol. The second-order valence-corrected chi connectivity index (χ2v) is 7.21. The van der Waals surface area contributed by atoms with Gasteiger partial charge in [-0.1, -0.05) is 64.1 Å². The van der Waals surface area contributed by atoms with Crippen molar-refractivity contribution >= 4 is 10.8 Å². The lowest BCUT2D eigenvalue weighted by Crippen LogP contribution is -2.28. The minimum absolute atomic E-state index is 0.189. The fourth-order valence-electron chi connectivity index (χ4n) is 3.20. The molecule has 0 fully saturated rings. The second kappa shape index (κ2) is 6.62. The van der Waals surface area contributed by atoms with Crippen LogP contribution in [0.15, 0.2) is 36.4 Å². The maximum atomic E-state index is 3.58. The summed E-state index contributed by atoms with van der Waals surface area (Å²) in [5.74, 6) is 0.715. The van der Waals surface area contributed by atoms with Gasteiger partial charge in [0.05, 0.1) is 0 Å². The molecule has 0 spiro atoms. The van der Waals surface area contributed by atoms with Gasteiger partial charge in [0, 0.05) is 0 Å². The van der Waals surface area contributed by atoms with Crippen LogP contribution in [0.4, 0.5) is 0 Å². The Balaban J connectivity index is 2.24. The molecule has 0 saturated carbocycles. The summed E-state index contributed by atoms with van der Waals surface area (Å²) < 4.78 is 0. The van der Waals surface area contributed by atoms with Crippen LogP contribution in [0.2, 0.25) is 0 Å². The van der Waals surface area contributed by atoms with Crippen molar-refractivity contribution in [2.24, 2.45) is 5.92 Å². The van der Waals surface area contributed by atoms with Crippen LogP contribution in [-0.2, 0) is 5.41 Å². The third kappa shape index (κ3) is 3.85. The van der Waals surface area contributed by atoms with Crippen molar-refractivity contribution in [1.82, 2.24) is 5.32 Å². The van der Waals surface area contributed by atoms with Gasteiger partial charge >= 0.3 is 0 Å². The first kappa shape index (κ1) is 16.0. The Hall–Kier alpha value is -1.34. The van der Waals surface area contributed by atoms with Crippen LogP contribution < -0.4 is 5.32 Å². The number of hydrogen-bond acceptors (Lipinski definition) is 1. The topological polar surface area (TPSA) is 12.0 Å². The molecule has 1 nitrogen and oxygen atoms in total. The Morgan fingerprint density at radius 2 is 1.76 bits per heavy atom. The van der Waals surface area contributed by atoms with Crippen molar-refractivity contribution in [1.29, 1.82) is 0 Å². The van der Waals surface area contributed by atoms with Crippen LogP contribution in [0.3, 0.4) is 0 Å². The lowest BCUT2D eigenvalue weighted by molar-refractivity contribution is 0.443. The van der Waals surface area contributed by atoms with E-state index in [-0.39, 0.29) is 5.41 Å². The molecule has 1 heteroatoms. The molecule has 0 amide bonds. The number of rotatable bonds is 6. The van der Waals surface area contributed by atoms with Crippen LogP contribution in [0.25, 0.3) is 10.8 Å². The first-order valence-corrected chi connectivity index (χ1v) is 8.11. The third-order valence-electron chi connectivity index (χ3n) is 4.29. The Kier molecular flexibility index (Phi) is 5.05. The lowest BCUT2D eigenvalue weighted by Gasteiger charge is -2.29. The number of nitrogens with one attached hydrogen (secondary N) is 1. The van der Waals surface area contributed by atoms with Crippen LogP contribution >= 0.6 is 0 Å². The van der Waals surface area contributed by atoms with Gasteiger partial charge in [-0.25, -0.2) is 0 Å². The van der Waals surface area contributed by atoms with Crippen LogP contribution in [0.5, 0.6) is 0 Å². The van der Waals surface area contributed by atoms with E-state index in [1.54, 1.807) is 0 Å². The molecule has 0 aliphatic rings. The van der Waals surface area contributed by atoms with Gasteiger partial charge in [0.15, 0.2) is 0 Å². The fourth-order valence-corrected chi connectivity index (χ4v) is 3.20. The first-order valence-electron chi connectivity index (χ1n) is 8.11. The molecule has 0 heterocycles. The summed E-state index contributed by atoms with van der Waals surface area (Å²) in [5, 5.41) is 6.34. The van der Waals surface area contributed by atoms with Gasteiger partial charge in [-0.2, -0.15) is 0 Å². The van der Waals surface area contributed by atoms with E-state index in [0.29, 0.717) is 5.92 Å². The molecule has 0 unspecified atom stereocenters. The quantitative estimate of drug-likeness (QED) is 0.731. The largest absolute Gasteiger partial charge is 0.316 e. The molecule has 0 aromatic heterocycles. The molecule has 2 aromatic rings. The average molecular weight is 283 g/mol. The highest BCUT2D eigenvalue weighted by Crippen LogP contribution is 2.35. The molecule has 2 rings (SSSR count). The zero-order valence-corrected chi connectivity index (χ0v) is 14.2. The molecule has 1 N–H and O–H groups in total. The normalized spacial score (nSPS) is 12.3. The zero-order valence-electron chi connectivity index (χ0n) is 14.2. The standard InChI is InChI=1S/C20H29N/c1-15(2)14-21-13-12-20(4,5)19-16(3)10-11-17-8-6-7-9-18(17)19/h6-11,15,21H,12-14H2,1-5H3. The highest BCUT2D eigenvalue weighted by atomic mass is 14.9. The molecule has 0 aliphatic heterocycles. The van der Waals surface area contributed by atoms with Gasteiger partial charge in [-0.05, 0) is 59.7 Å². The van der Waals surface area contributed by atoms with E-state index in [4.69, 9.17) is 0 Å². The van der Waals surface area contributed by atoms with Crippen molar-refractivity contribution in [3.8, 4) is 0 Å². The molecular formula is C20H29N. The van der Waals surface area contributed by atoms with E-state index < -0.39 is 0 Å². The monoisotopic (exact) mass is 283 g/mol. The van der Waals surface area contributed by atoms with Gasteiger partial charge in [0.25, 0.3) is 0 Å². The summed E-state index contributed by atoms with van der Waals surface area (Å²) in [4.78, 5) is 0.